The second-order valence-electron chi connectivity index (χ2n) is 3.26. The third-order valence-corrected chi connectivity index (χ3v) is 2.31. The number of fused-ring (bicyclic) bond motifs is 2. The molecule has 1 aromatic rings. The predicted octanol–water partition coefficient (Wildman–Crippen LogP) is 0.568. The number of benzene rings is 1. The molecule has 0 aliphatic carbocycles. The van der Waals surface area contributed by atoms with Gasteiger partial charge in [0.15, 0.2) is 0 Å². The van der Waals surface area contributed by atoms with Crippen molar-refractivity contribution in [3.63, 3.8) is 0 Å². The Hall–Kier alpha value is -1.90. The van der Waals surface area contributed by atoms with Gasteiger partial charge in [0.25, 0.3) is 0 Å². The van der Waals surface area contributed by atoms with Crippen molar-refractivity contribution < 1.29 is 0 Å². The van der Waals surface area contributed by atoms with E-state index in [1.807, 2.05) is 41.6 Å². The van der Waals surface area contributed by atoms with Crippen LogP contribution in [-0.2, 0) is 0 Å². The lowest BCUT2D eigenvalue weighted by atomic mass is 10.3. The van der Waals surface area contributed by atoms with Gasteiger partial charge in [-0.15, -0.1) is 0 Å². The van der Waals surface area contributed by atoms with Gasteiger partial charge in [0.1, 0.15) is 5.36 Å². The van der Waals surface area contributed by atoms with Crippen LogP contribution >= 0.6 is 0 Å². The van der Waals surface area contributed by atoms with Crippen LogP contribution in [0.25, 0.3) is 0 Å². The van der Waals surface area contributed by atoms with E-state index in [4.69, 9.17) is 0 Å². The highest BCUT2D eigenvalue weighted by molar-refractivity contribution is 5.24. The van der Waals surface area contributed by atoms with Gasteiger partial charge in [-0.25, -0.2) is 0 Å². The molecule has 3 rings (SSSR count). The average Bonchev–Trinajstić information content (AvgIpc) is 2.58. The maximum Gasteiger partial charge on any atom is 0.109 e. The molecule has 1 aromatic carbocycles. The van der Waals surface area contributed by atoms with E-state index in [2.05, 4.69) is 16.2 Å². The Balaban J connectivity index is 2.29. The maximum absolute atomic E-state index is 4.51. The van der Waals surface area contributed by atoms with Crippen LogP contribution in [-0.4, -0.2) is 11.6 Å². The molecule has 3 nitrogen and oxygen atoms in total. The van der Waals surface area contributed by atoms with Crippen LogP contribution in [0.4, 0.5) is 0 Å². The molecule has 0 bridgehead atoms. The topological polar surface area (TPSA) is 28.0 Å². The molecule has 2 aliphatic rings. The van der Waals surface area contributed by atoms with Crippen molar-refractivity contribution in [1.82, 2.24) is 5.01 Å². The Morgan fingerprint density at radius 1 is 1.14 bits per heavy atom. The smallest absolute Gasteiger partial charge is 0.109 e. The summed E-state index contributed by atoms with van der Waals surface area (Å²) < 4.78 is 0. The van der Waals surface area contributed by atoms with Gasteiger partial charge in [-0.05, 0) is 18.2 Å². The summed E-state index contributed by atoms with van der Waals surface area (Å²) in [6, 6.07) is 7.91. The molecule has 0 saturated heterocycles. The van der Waals surface area contributed by atoms with Crippen LogP contribution < -0.4 is 10.7 Å². The molecular formula is C11H9N3. The third kappa shape index (κ3) is 1.06. The van der Waals surface area contributed by atoms with Crippen LogP contribution in [0.3, 0.4) is 0 Å². The van der Waals surface area contributed by atoms with Crippen molar-refractivity contribution in [3.8, 4) is 0 Å². The number of allylic oxidation sites excluding steroid dienone is 1. The number of nitrogens with zero attached hydrogens (tertiary/aromatic N) is 3. The van der Waals surface area contributed by atoms with E-state index in [0.717, 1.165) is 23.0 Å². The second kappa shape index (κ2) is 2.80. The molecular weight excluding hydrogens is 174 g/mol. The fourth-order valence-electron chi connectivity index (χ4n) is 1.60. The van der Waals surface area contributed by atoms with Crippen LogP contribution in [0.1, 0.15) is 0 Å². The molecule has 0 fully saturated rings. The van der Waals surface area contributed by atoms with Crippen molar-refractivity contribution in [2.45, 2.75) is 0 Å². The first-order valence-electron chi connectivity index (χ1n) is 4.59. The van der Waals surface area contributed by atoms with Crippen LogP contribution in [0.5, 0.6) is 0 Å². The van der Waals surface area contributed by atoms with Gasteiger partial charge < -0.3 is 0 Å². The molecule has 0 amide bonds. The number of hydrogen-bond acceptors (Lipinski definition) is 3. The van der Waals surface area contributed by atoms with Crippen LogP contribution in [0.15, 0.2) is 58.4 Å². The average molecular weight is 183 g/mol. The first kappa shape index (κ1) is 7.50. The SMILES string of the molecule is C1=CC2=CN=c3ccccc3=NN2C1. The zero-order chi connectivity index (χ0) is 9.38. The van der Waals surface area contributed by atoms with Crippen LogP contribution in [0.2, 0.25) is 0 Å². The predicted molar refractivity (Wildman–Crippen MR) is 52.7 cm³/mol. The minimum atomic E-state index is 0.843. The number of para-hydroxylation sites is 1. The van der Waals surface area contributed by atoms with Gasteiger partial charge in [-0.3, -0.25) is 10.0 Å². The first-order chi connectivity index (χ1) is 6.93. The fourth-order valence-corrected chi connectivity index (χ4v) is 1.60. The van der Waals surface area contributed by atoms with E-state index in [-0.39, 0.29) is 0 Å². The Morgan fingerprint density at radius 2 is 2.00 bits per heavy atom. The first-order valence-corrected chi connectivity index (χ1v) is 4.59. The molecule has 0 atom stereocenters. The molecule has 0 spiro atoms. The summed E-state index contributed by atoms with van der Waals surface area (Å²) in [5.41, 5.74) is 1.06. The maximum atomic E-state index is 4.51. The van der Waals surface area contributed by atoms with Crippen molar-refractivity contribution in [2.75, 3.05) is 6.54 Å². The van der Waals surface area contributed by atoms with E-state index in [1.54, 1.807) is 0 Å². The number of hydrogen-bond donors (Lipinski definition) is 0. The van der Waals surface area contributed by atoms with Crippen molar-refractivity contribution in [3.05, 3.63) is 59.0 Å². The quantitative estimate of drug-likeness (QED) is 0.578. The molecule has 3 heteroatoms. The zero-order valence-electron chi connectivity index (χ0n) is 7.59. The zero-order valence-corrected chi connectivity index (χ0v) is 7.59. The Bertz CT molecular complexity index is 540. The summed E-state index contributed by atoms with van der Waals surface area (Å²) in [5.74, 6) is 0. The lowest BCUT2D eigenvalue weighted by molar-refractivity contribution is 0.419. The van der Waals surface area contributed by atoms with Gasteiger partial charge in [-0.1, -0.05) is 18.2 Å². The van der Waals surface area contributed by atoms with Crippen LogP contribution in [0, 0.1) is 0 Å². The second-order valence-corrected chi connectivity index (χ2v) is 3.26. The van der Waals surface area contributed by atoms with Gasteiger partial charge in [0.2, 0.25) is 0 Å². The van der Waals surface area contributed by atoms with E-state index < -0.39 is 0 Å². The lowest BCUT2D eigenvalue weighted by Crippen LogP contribution is -2.26. The molecule has 0 unspecified atom stereocenters. The van der Waals surface area contributed by atoms with Gasteiger partial charge in [-0.2, -0.15) is 5.10 Å². The van der Waals surface area contributed by atoms with E-state index in [0.29, 0.717) is 0 Å². The van der Waals surface area contributed by atoms with Gasteiger partial charge >= 0.3 is 0 Å². The largest absolute Gasteiger partial charge is 0.260 e. The highest BCUT2D eigenvalue weighted by atomic mass is 15.5. The molecule has 14 heavy (non-hydrogen) atoms. The van der Waals surface area contributed by atoms with Crippen molar-refractivity contribution in [1.29, 1.82) is 0 Å². The van der Waals surface area contributed by atoms with E-state index in [1.165, 1.54) is 0 Å². The normalized spacial score (nSPS) is 17.4. The standard InChI is InChI=1S/C11H9N3/c1-2-6-11-10(5-1)12-8-9-4-3-7-14(9)13-11/h1-6,8H,7H2. The minimum Gasteiger partial charge on any atom is -0.260 e. The summed E-state index contributed by atoms with van der Waals surface area (Å²) in [7, 11) is 0. The Morgan fingerprint density at radius 3 is 2.93 bits per heavy atom. The summed E-state index contributed by atoms with van der Waals surface area (Å²) in [5, 5.41) is 8.33. The minimum absolute atomic E-state index is 0.843. The highest BCUT2D eigenvalue weighted by Gasteiger charge is 2.10. The third-order valence-electron chi connectivity index (χ3n) is 2.31. The Kier molecular flexibility index (Phi) is 1.50. The van der Waals surface area contributed by atoms with Crippen molar-refractivity contribution in [2.24, 2.45) is 10.1 Å². The summed E-state index contributed by atoms with van der Waals surface area (Å²) in [6.45, 7) is 0.843. The highest BCUT2D eigenvalue weighted by Crippen LogP contribution is 2.13. The van der Waals surface area contributed by atoms with Crippen molar-refractivity contribution >= 4 is 0 Å². The molecule has 0 radical (unpaired) electrons. The van der Waals surface area contributed by atoms with Gasteiger partial charge in [0, 0.05) is 0 Å². The lowest BCUT2D eigenvalue weighted by Gasteiger charge is -2.10. The Labute approximate surface area is 81.4 Å². The molecule has 68 valence electrons. The number of rotatable bonds is 0. The van der Waals surface area contributed by atoms with Gasteiger partial charge in [0.05, 0.1) is 23.8 Å². The summed E-state index contributed by atoms with van der Waals surface area (Å²) in [6.07, 6.45) is 5.98. The monoisotopic (exact) mass is 183 g/mol. The van der Waals surface area contributed by atoms with E-state index >= 15 is 0 Å². The summed E-state index contributed by atoms with van der Waals surface area (Å²) in [4.78, 5) is 4.38. The summed E-state index contributed by atoms with van der Waals surface area (Å²) >= 11 is 0. The fraction of sp³-hybridized carbons (Fsp3) is 0.0909. The molecule has 0 saturated carbocycles. The molecule has 2 aliphatic heterocycles. The molecule has 0 aromatic heterocycles. The molecule has 0 N–H and O–H groups in total. The molecule has 2 heterocycles. The van der Waals surface area contributed by atoms with E-state index in [9.17, 15) is 0 Å².